The lowest BCUT2D eigenvalue weighted by Crippen LogP contribution is -1.93. The maximum atomic E-state index is 12.4. The topological polar surface area (TPSA) is 17.8 Å². The first kappa shape index (κ1) is 5.28. The van der Waals surface area contributed by atoms with Gasteiger partial charge in [0.1, 0.15) is 6.20 Å². The summed E-state index contributed by atoms with van der Waals surface area (Å²) in [6, 6.07) is 0. The van der Waals surface area contributed by atoms with Crippen LogP contribution in [0.2, 0.25) is 0 Å². The number of aryl methyl sites for hydroxylation is 2. The summed E-state index contributed by atoms with van der Waals surface area (Å²) >= 11 is 0. The van der Waals surface area contributed by atoms with E-state index in [2.05, 4.69) is 11.3 Å². The molecule has 1 radical (unpaired) electrons. The van der Waals surface area contributed by atoms with Crippen LogP contribution in [-0.2, 0) is 7.05 Å². The molecule has 0 saturated heterocycles. The van der Waals surface area contributed by atoms with Crippen LogP contribution in [0.4, 0.5) is 4.39 Å². The first-order chi connectivity index (χ1) is 3.72. The summed E-state index contributed by atoms with van der Waals surface area (Å²) in [5.41, 5.74) is 0.465. The highest BCUT2D eigenvalue weighted by Gasteiger charge is 1.99. The molecule has 8 heavy (non-hydrogen) atoms. The van der Waals surface area contributed by atoms with Gasteiger partial charge in [-0.05, 0) is 6.92 Å². The Hall–Kier alpha value is -0.860. The monoisotopic (exact) mass is 113 g/mol. The molecule has 1 heterocycles. The molecule has 0 amide bonds. The first-order valence-corrected chi connectivity index (χ1v) is 2.28. The van der Waals surface area contributed by atoms with E-state index in [0.717, 1.165) is 4.68 Å². The van der Waals surface area contributed by atoms with E-state index in [1.54, 1.807) is 14.0 Å². The third kappa shape index (κ3) is 0.598. The van der Waals surface area contributed by atoms with Gasteiger partial charge in [0.15, 0.2) is 0 Å². The van der Waals surface area contributed by atoms with Crippen LogP contribution in [-0.4, -0.2) is 9.78 Å². The summed E-state index contributed by atoms with van der Waals surface area (Å²) in [5, 5.41) is 3.53. The molecular formula is C5H6FN2. The fraction of sp³-hybridized carbons (Fsp3) is 0.400. The Bertz CT molecular complexity index is 173. The second-order valence-electron chi connectivity index (χ2n) is 1.65. The third-order valence-corrected chi connectivity index (χ3v) is 0.961. The molecule has 0 aromatic carbocycles. The van der Waals surface area contributed by atoms with Gasteiger partial charge >= 0.3 is 0 Å². The molecule has 0 aliphatic carbocycles. The quantitative estimate of drug-likeness (QED) is 0.483. The third-order valence-electron chi connectivity index (χ3n) is 0.961. The Labute approximate surface area is 46.9 Å². The molecule has 1 aromatic heterocycles. The largest absolute Gasteiger partial charge is 0.242 e. The smallest absolute Gasteiger partial charge is 0.214 e. The summed E-state index contributed by atoms with van der Waals surface area (Å²) < 4.78 is 13.5. The molecule has 0 aliphatic heterocycles. The molecule has 0 N–H and O–H groups in total. The summed E-state index contributed by atoms with van der Waals surface area (Å²) in [5.74, 6) is -0.315. The summed E-state index contributed by atoms with van der Waals surface area (Å²) in [7, 11) is 1.54. The lowest BCUT2D eigenvalue weighted by molar-refractivity contribution is 0.499. The predicted molar refractivity (Wildman–Crippen MR) is 26.7 cm³/mol. The zero-order valence-corrected chi connectivity index (χ0v) is 4.77. The van der Waals surface area contributed by atoms with E-state index >= 15 is 0 Å². The van der Waals surface area contributed by atoms with E-state index in [4.69, 9.17) is 0 Å². The second-order valence-corrected chi connectivity index (χ2v) is 1.65. The first-order valence-electron chi connectivity index (χ1n) is 2.28. The Balaban J connectivity index is 3.19. The predicted octanol–water partition coefficient (Wildman–Crippen LogP) is 0.668. The number of hydrogen-bond donors (Lipinski definition) is 0. The van der Waals surface area contributed by atoms with Crippen molar-refractivity contribution in [1.82, 2.24) is 9.78 Å². The van der Waals surface area contributed by atoms with Crippen molar-refractivity contribution in [2.45, 2.75) is 6.92 Å². The van der Waals surface area contributed by atoms with Gasteiger partial charge in [0.2, 0.25) is 5.95 Å². The van der Waals surface area contributed by atoms with Crippen molar-refractivity contribution in [3.63, 3.8) is 0 Å². The van der Waals surface area contributed by atoms with Gasteiger partial charge in [-0.1, -0.05) is 0 Å². The summed E-state index contributed by atoms with van der Waals surface area (Å²) in [6.07, 6.45) is 2.47. The van der Waals surface area contributed by atoms with Gasteiger partial charge in [-0.15, -0.1) is 0 Å². The molecule has 1 rings (SSSR count). The molecule has 0 saturated carbocycles. The number of nitrogens with zero attached hydrogens (tertiary/aromatic N) is 2. The van der Waals surface area contributed by atoms with Gasteiger partial charge in [-0.3, -0.25) is 0 Å². The van der Waals surface area contributed by atoms with Gasteiger partial charge in [0.05, 0.1) is 0 Å². The van der Waals surface area contributed by atoms with Crippen molar-refractivity contribution < 1.29 is 4.39 Å². The number of rotatable bonds is 0. The number of hydrogen-bond acceptors (Lipinski definition) is 1. The van der Waals surface area contributed by atoms with Gasteiger partial charge in [0, 0.05) is 12.6 Å². The highest BCUT2D eigenvalue weighted by atomic mass is 19.1. The van der Waals surface area contributed by atoms with Crippen molar-refractivity contribution in [3.8, 4) is 0 Å². The van der Waals surface area contributed by atoms with Crippen molar-refractivity contribution in [2.75, 3.05) is 0 Å². The van der Waals surface area contributed by atoms with Crippen LogP contribution in [0.25, 0.3) is 0 Å². The van der Waals surface area contributed by atoms with E-state index in [9.17, 15) is 4.39 Å². The van der Waals surface area contributed by atoms with E-state index < -0.39 is 0 Å². The van der Waals surface area contributed by atoms with E-state index in [1.807, 2.05) is 0 Å². The fourth-order valence-electron chi connectivity index (χ4n) is 0.483. The van der Waals surface area contributed by atoms with Gasteiger partial charge in [0.25, 0.3) is 0 Å². The molecule has 3 heteroatoms. The highest BCUT2D eigenvalue weighted by Crippen LogP contribution is 1.99. The minimum absolute atomic E-state index is 0.315. The van der Waals surface area contributed by atoms with Crippen LogP contribution in [0.15, 0.2) is 0 Å². The van der Waals surface area contributed by atoms with Crippen LogP contribution in [0.5, 0.6) is 0 Å². The van der Waals surface area contributed by atoms with Gasteiger partial charge in [-0.25, -0.2) is 4.68 Å². The Morgan fingerprint density at radius 3 is 2.50 bits per heavy atom. The lowest BCUT2D eigenvalue weighted by atomic mass is 10.4. The molecule has 0 aliphatic rings. The second kappa shape index (κ2) is 1.58. The minimum atomic E-state index is -0.315. The van der Waals surface area contributed by atoms with Crippen molar-refractivity contribution in [1.29, 1.82) is 0 Å². The molecule has 43 valence electrons. The SMILES string of the molecule is Cc1[c]nn(C)c1F. The zero-order valence-electron chi connectivity index (χ0n) is 4.77. The molecule has 0 bridgehead atoms. The molecular weight excluding hydrogens is 107 g/mol. The number of halogens is 1. The zero-order chi connectivity index (χ0) is 6.15. The average molecular weight is 113 g/mol. The van der Waals surface area contributed by atoms with Crippen LogP contribution in [0.3, 0.4) is 0 Å². The Kier molecular flexibility index (Phi) is 1.04. The van der Waals surface area contributed by atoms with Crippen molar-refractivity contribution >= 4 is 0 Å². The maximum Gasteiger partial charge on any atom is 0.214 e. The maximum absolute atomic E-state index is 12.4. The Morgan fingerprint density at radius 1 is 1.75 bits per heavy atom. The molecule has 2 nitrogen and oxygen atoms in total. The van der Waals surface area contributed by atoms with Crippen LogP contribution in [0, 0.1) is 19.1 Å². The van der Waals surface area contributed by atoms with Crippen LogP contribution >= 0.6 is 0 Å². The molecule has 0 fully saturated rings. The summed E-state index contributed by atoms with van der Waals surface area (Å²) in [4.78, 5) is 0. The molecule has 1 aromatic rings. The van der Waals surface area contributed by atoms with Gasteiger partial charge < -0.3 is 0 Å². The molecule has 0 unspecified atom stereocenters. The highest BCUT2D eigenvalue weighted by molar-refractivity contribution is 5.00. The normalized spacial score (nSPS) is 9.88. The fourth-order valence-corrected chi connectivity index (χ4v) is 0.483. The molecule has 0 atom stereocenters. The van der Waals surface area contributed by atoms with Crippen molar-refractivity contribution in [2.24, 2.45) is 7.05 Å². The van der Waals surface area contributed by atoms with Gasteiger partial charge in [-0.2, -0.15) is 9.49 Å². The minimum Gasteiger partial charge on any atom is -0.242 e. The standard InChI is InChI=1S/C5H6FN2/c1-4-3-7-8(2)5(4)6/h1-2H3. The van der Waals surface area contributed by atoms with E-state index in [-0.39, 0.29) is 5.95 Å². The Morgan fingerprint density at radius 2 is 2.38 bits per heavy atom. The average Bonchev–Trinajstić information content (AvgIpc) is 1.98. The van der Waals surface area contributed by atoms with E-state index in [1.165, 1.54) is 0 Å². The van der Waals surface area contributed by atoms with Crippen LogP contribution < -0.4 is 0 Å². The van der Waals surface area contributed by atoms with Crippen LogP contribution in [0.1, 0.15) is 5.56 Å². The van der Waals surface area contributed by atoms with E-state index in [0.29, 0.717) is 5.56 Å². The van der Waals surface area contributed by atoms with Crippen molar-refractivity contribution in [3.05, 3.63) is 17.7 Å². The summed E-state index contributed by atoms with van der Waals surface area (Å²) in [6.45, 7) is 1.63. The lowest BCUT2D eigenvalue weighted by Gasteiger charge is -1.85. The molecule has 0 spiro atoms. The number of aromatic nitrogens is 2.